The van der Waals surface area contributed by atoms with Crippen LogP contribution in [0.4, 0.5) is 17.6 Å². The van der Waals surface area contributed by atoms with Gasteiger partial charge in [0.1, 0.15) is 29.3 Å². The molecule has 6 aromatic rings. The Morgan fingerprint density at radius 2 is 1.12 bits per heavy atom. The molecule has 262 valence electrons. The quantitative estimate of drug-likeness (QED) is 0.182. The van der Waals surface area contributed by atoms with Crippen molar-refractivity contribution >= 4 is 39.7 Å². The lowest BCUT2D eigenvalue weighted by atomic mass is 10.4. The molecular weight excluding hydrogens is 630 g/mol. The first-order chi connectivity index (χ1) is 23.0. The van der Waals surface area contributed by atoms with E-state index in [1.807, 2.05) is 64.6 Å². The number of nitrogens with zero attached hydrogens (tertiary/aromatic N) is 8. The summed E-state index contributed by atoms with van der Waals surface area (Å²) in [5, 5.41) is 1.50. The molecule has 6 heterocycles. The van der Waals surface area contributed by atoms with E-state index in [1.54, 1.807) is 18.3 Å². The molecule has 0 saturated carbocycles. The van der Waals surface area contributed by atoms with Gasteiger partial charge in [-0.2, -0.15) is 9.97 Å². The van der Waals surface area contributed by atoms with Crippen LogP contribution in [-0.4, -0.2) is 48.2 Å². The van der Waals surface area contributed by atoms with Gasteiger partial charge in [-0.25, -0.2) is 19.6 Å². The Morgan fingerprint density at radius 1 is 0.592 bits per heavy atom. The first-order valence-corrected chi connectivity index (χ1v) is 15.6. The van der Waals surface area contributed by atoms with Gasteiger partial charge in [-0.15, -0.1) is 0 Å². The highest BCUT2D eigenvalue weighted by molar-refractivity contribution is 5.86. The van der Waals surface area contributed by atoms with E-state index in [2.05, 4.69) is 48.3 Å². The number of aromatic amines is 2. The third-order valence-electron chi connectivity index (χ3n) is 7.07. The zero-order chi connectivity index (χ0) is 36.6. The number of nitrogen functional groups attached to an aromatic ring is 3. The van der Waals surface area contributed by atoms with Crippen molar-refractivity contribution in [3.05, 3.63) is 97.1 Å². The summed E-state index contributed by atoms with van der Waals surface area (Å²) in [6.07, 6.45) is 8.47. The van der Waals surface area contributed by atoms with Crippen LogP contribution in [0.15, 0.2) is 74.6 Å². The number of aromatic nitrogens is 10. The molecule has 0 aromatic carbocycles. The van der Waals surface area contributed by atoms with E-state index in [-0.39, 0.29) is 52.4 Å². The molecule has 0 saturated heterocycles. The van der Waals surface area contributed by atoms with Gasteiger partial charge in [0.25, 0.3) is 11.1 Å². The highest BCUT2D eigenvalue weighted by atomic mass is 16.2. The summed E-state index contributed by atoms with van der Waals surface area (Å²) in [5.41, 5.74) is 16.8. The Hall–Kier alpha value is -6.00. The van der Waals surface area contributed by atoms with Gasteiger partial charge in [0.15, 0.2) is 0 Å². The molecule has 6 rings (SSSR count). The first kappa shape index (κ1) is 37.5. The maximum absolute atomic E-state index is 11.4. The van der Waals surface area contributed by atoms with Crippen LogP contribution in [0, 0.1) is 0 Å². The van der Waals surface area contributed by atoms with Crippen LogP contribution in [0.1, 0.15) is 79.6 Å². The standard InChI is InChI=1S/C9H12N4O.C9H12N4.C7H11N3O.C7H10N2O2/c1-5(2)13-4-3-6-7(13)11-9(10)12-8(6)14;1-6(2)13-4-3-7-8(10)11-5-12-9(7)13;1-5(2)10-4-3-6(8)9-7(10)11;1-5(2)9-4-3-6(10)8-7(9)11/h3-5H,1-2H3,(H3,10,11,12,14);3-6H,1-2H3,(H2,10,11,12);3-5H,1-2H3,(H2,8,9,11);3-5H,1-2H3,(H,8,10,11). The van der Waals surface area contributed by atoms with Crippen molar-refractivity contribution < 1.29 is 0 Å². The molecule has 0 atom stereocenters. The second-order valence-electron chi connectivity index (χ2n) is 12.1. The number of H-pyrrole nitrogens is 2. The van der Waals surface area contributed by atoms with Crippen molar-refractivity contribution in [2.24, 2.45) is 0 Å². The van der Waals surface area contributed by atoms with E-state index >= 15 is 0 Å². The van der Waals surface area contributed by atoms with E-state index < -0.39 is 0 Å². The molecule has 0 fully saturated rings. The minimum atomic E-state index is -0.355. The van der Waals surface area contributed by atoms with Crippen molar-refractivity contribution in [2.75, 3.05) is 17.2 Å². The Kier molecular flexibility index (Phi) is 12.4. The van der Waals surface area contributed by atoms with Crippen molar-refractivity contribution in [2.45, 2.75) is 79.6 Å². The lowest BCUT2D eigenvalue weighted by Gasteiger charge is -2.07. The summed E-state index contributed by atoms with van der Waals surface area (Å²) in [7, 11) is 0. The van der Waals surface area contributed by atoms with Crippen LogP contribution in [0.5, 0.6) is 0 Å². The molecule has 49 heavy (non-hydrogen) atoms. The van der Waals surface area contributed by atoms with Crippen molar-refractivity contribution in [1.29, 1.82) is 0 Å². The summed E-state index contributed by atoms with van der Waals surface area (Å²) in [5.74, 6) is 0.972. The Bertz CT molecular complexity index is 2230. The van der Waals surface area contributed by atoms with Gasteiger partial charge < -0.3 is 26.3 Å². The molecule has 17 heteroatoms. The summed E-state index contributed by atoms with van der Waals surface area (Å²) in [4.78, 5) is 64.5. The van der Waals surface area contributed by atoms with Crippen LogP contribution in [0.25, 0.3) is 22.1 Å². The Labute approximate surface area is 281 Å². The third-order valence-corrected chi connectivity index (χ3v) is 7.07. The van der Waals surface area contributed by atoms with Gasteiger partial charge >= 0.3 is 11.4 Å². The maximum Gasteiger partial charge on any atom is 0.349 e. The third kappa shape index (κ3) is 9.52. The maximum atomic E-state index is 11.4. The molecule has 0 unspecified atom stereocenters. The minimum absolute atomic E-state index is 0.0827. The topological polar surface area (TPSA) is 249 Å². The predicted molar refractivity (Wildman–Crippen MR) is 192 cm³/mol. The second-order valence-corrected chi connectivity index (χ2v) is 12.1. The van der Waals surface area contributed by atoms with Crippen molar-refractivity contribution in [3.63, 3.8) is 0 Å². The largest absolute Gasteiger partial charge is 0.383 e. The molecule has 0 spiro atoms. The van der Waals surface area contributed by atoms with Crippen LogP contribution < -0.4 is 39.7 Å². The van der Waals surface area contributed by atoms with Gasteiger partial charge in [0.05, 0.1) is 10.8 Å². The number of nitrogens with two attached hydrogens (primary N) is 3. The fourth-order valence-electron chi connectivity index (χ4n) is 4.54. The SMILES string of the molecule is CC(C)n1ccc(=O)[nH]c1=O.CC(C)n1ccc(N)nc1=O.CC(C)n1ccc2c(=O)[nH]c(N)nc21.CC(C)n1ccc2c(N)ncnc21. The van der Waals surface area contributed by atoms with Crippen LogP contribution >= 0.6 is 0 Å². The normalized spacial score (nSPS) is 10.9. The number of fused-ring (bicyclic) bond motifs is 2. The second kappa shape index (κ2) is 16.2. The van der Waals surface area contributed by atoms with Crippen LogP contribution in [-0.2, 0) is 0 Å². The zero-order valence-corrected chi connectivity index (χ0v) is 28.9. The summed E-state index contributed by atoms with van der Waals surface area (Å²) < 4.78 is 6.98. The lowest BCUT2D eigenvalue weighted by molar-refractivity contribution is 0.561. The summed E-state index contributed by atoms with van der Waals surface area (Å²) in [6.45, 7) is 15.9. The molecule has 0 aliphatic carbocycles. The van der Waals surface area contributed by atoms with E-state index in [0.29, 0.717) is 22.9 Å². The molecule has 0 bridgehead atoms. The number of rotatable bonds is 4. The van der Waals surface area contributed by atoms with E-state index in [0.717, 1.165) is 11.0 Å². The van der Waals surface area contributed by atoms with E-state index in [9.17, 15) is 19.2 Å². The lowest BCUT2D eigenvalue weighted by Crippen LogP contribution is -2.29. The fraction of sp³-hybridized carbons (Fsp3) is 0.375. The molecule has 0 aliphatic rings. The molecule has 0 amide bonds. The average molecular weight is 676 g/mol. The number of hydrogen-bond acceptors (Lipinski definition) is 11. The highest BCUT2D eigenvalue weighted by Gasteiger charge is 2.09. The zero-order valence-electron chi connectivity index (χ0n) is 28.9. The predicted octanol–water partition coefficient (Wildman–Crippen LogP) is 3.01. The van der Waals surface area contributed by atoms with E-state index in [1.165, 1.54) is 27.7 Å². The minimum Gasteiger partial charge on any atom is -0.383 e. The van der Waals surface area contributed by atoms with Gasteiger partial charge in [-0.1, -0.05) is 0 Å². The molecule has 8 N–H and O–H groups in total. The molecule has 0 aliphatic heterocycles. The molecular formula is C32H45N13O4. The number of anilines is 3. The molecule has 17 nitrogen and oxygen atoms in total. The fourth-order valence-corrected chi connectivity index (χ4v) is 4.54. The van der Waals surface area contributed by atoms with Crippen LogP contribution in [0.3, 0.4) is 0 Å². The smallest absolute Gasteiger partial charge is 0.349 e. The molecule has 0 radical (unpaired) electrons. The highest BCUT2D eigenvalue weighted by Crippen LogP contribution is 2.20. The first-order valence-electron chi connectivity index (χ1n) is 15.6. The average Bonchev–Trinajstić information content (AvgIpc) is 3.64. The Morgan fingerprint density at radius 3 is 1.67 bits per heavy atom. The van der Waals surface area contributed by atoms with Gasteiger partial charge in [0, 0.05) is 55.0 Å². The van der Waals surface area contributed by atoms with Gasteiger partial charge in [-0.05, 0) is 73.6 Å². The monoisotopic (exact) mass is 675 g/mol. The van der Waals surface area contributed by atoms with Crippen molar-refractivity contribution in [1.82, 2.24) is 48.2 Å². The molecule has 6 aromatic heterocycles. The number of hydrogen-bond donors (Lipinski definition) is 5. The van der Waals surface area contributed by atoms with Crippen LogP contribution in [0.2, 0.25) is 0 Å². The summed E-state index contributed by atoms with van der Waals surface area (Å²) in [6, 6.07) is 7.52. The van der Waals surface area contributed by atoms with Gasteiger partial charge in [-0.3, -0.25) is 28.7 Å². The van der Waals surface area contributed by atoms with E-state index in [4.69, 9.17) is 17.2 Å². The number of nitrogens with one attached hydrogen (secondary N) is 2. The van der Waals surface area contributed by atoms with Gasteiger partial charge in [0.2, 0.25) is 5.95 Å². The Balaban J connectivity index is 0.000000178. The summed E-state index contributed by atoms with van der Waals surface area (Å²) >= 11 is 0. The van der Waals surface area contributed by atoms with Crippen molar-refractivity contribution in [3.8, 4) is 0 Å².